The van der Waals surface area contributed by atoms with Gasteiger partial charge in [0.1, 0.15) is 23.7 Å². The first kappa shape index (κ1) is 33.5. The van der Waals surface area contributed by atoms with E-state index in [-0.39, 0.29) is 74.4 Å². The third-order valence-electron chi connectivity index (χ3n) is 8.56. The van der Waals surface area contributed by atoms with E-state index in [4.69, 9.17) is 9.47 Å². The molecule has 5 aliphatic heterocycles. The van der Waals surface area contributed by atoms with Crippen LogP contribution < -0.4 is 10.1 Å². The molecular weight excluding hydrogens is 625 g/mol. The number of benzene rings is 2. The SMILES string of the molecule is Cc1cc2ccc1CCS(=O)(=O)N1CCC3(CC1)N=C(NC3=O)c1ccc(C(F)(F)F)c(c1)OCCC/C=C/OCCN(C)C2=O. The van der Waals surface area contributed by atoms with E-state index < -0.39 is 33.2 Å². The number of sulfonamides is 1. The van der Waals surface area contributed by atoms with Gasteiger partial charge in [0.2, 0.25) is 10.0 Å². The van der Waals surface area contributed by atoms with Crippen molar-refractivity contribution < 1.29 is 40.7 Å². The quantitative estimate of drug-likeness (QED) is 0.455. The van der Waals surface area contributed by atoms with Crippen molar-refractivity contribution in [1.82, 2.24) is 14.5 Å². The third kappa shape index (κ3) is 7.38. The zero-order valence-electron chi connectivity index (χ0n) is 25.7. The summed E-state index contributed by atoms with van der Waals surface area (Å²) in [6, 6.07) is 8.58. The lowest BCUT2D eigenvalue weighted by molar-refractivity contribution is -0.139. The number of piperidine rings is 1. The Bertz CT molecular complexity index is 1650. The van der Waals surface area contributed by atoms with Gasteiger partial charge in [0.05, 0.1) is 30.7 Å². The van der Waals surface area contributed by atoms with Crippen LogP contribution in [-0.2, 0) is 32.2 Å². The van der Waals surface area contributed by atoms with Crippen LogP contribution in [0.5, 0.6) is 5.75 Å². The second-order valence-corrected chi connectivity index (χ2v) is 13.8. The molecule has 0 aromatic heterocycles. The Kier molecular flexibility index (Phi) is 9.78. The van der Waals surface area contributed by atoms with Gasteiger partial charge in [-0.1, -0.05) is 12.1 Å². The van der Waals surface area contributed by atoms with Crippen molar-refractivity contribution in [3.8, 4) is 5.75 Å². The van der Waals surface area contributed by atoms with Crippen LogP contribution >= 0.6 is 0 Å². The highest BCUT2D eigenvalue weighted by Gasteiger charge is 2.47. The van der Waals surface area contributed by atoms with E-state index in [2.05, 4.69) is 10.3 Å². The fourth-order valence-corrected chi connectivity index (χ4v) is 7.20. The molecule has 1 fully saturated rings. The van der Waals surface area contributed by atoms with E-state index in [1.54, 1.807) is 31.3 Å². The van der Waals surface area contributed by atoms with Gasteiger partial charge in [-0.15, -0.1) is 0 Å². The van der Waals surface area contributed by atoms with Gasteiger partial charge in [-0.3, -0.25) is 14.6 Å². The molecule has 0 atom stereocenters. The standard InChI is InChI=1S/C32H37F3N4O6S/c1-22-20-25-7-6-23(22)10-19-46(42,43)39-13-11-31(12-14-39)30(41)36-28(37-31)24-8-9-26(32(33,34)35)27(21-24)45-17-5-3-4-16-44-18-15-38(2)29(25)40/h4,6-9,16,20-21H,3,5,10-15,17-19H2,1-2H3,(H,36,37,41)/b16-4+. The van der Waals surface area contributed by atoms with Gasteiger partial charge >= 0.3 is 6.18 Å². The minimum atomic E-state index is -4.66. The number of carbonyl (C=O) groups excluding carboxylic acids is 2. The number of ether oxygens (including phenoxy) is 2. The fraction of sp³-hybridized carbons (Fsp3) is 0.469. The van der Waals surface area contributed by atoms with Gasteiger partial charge in [0.15, 0.2) is 0 Å². The molecule has 2 aromatic rings. The number of carbonyl (C=O) groups is 2. The number of nitrogens with one attached hydrogen (secondary N) is 1. The first-order valence-electron chi connectivity index (χ1n) is 15.1. The number of rotatable bonds is 0. The first-order valence-corrected chi connectivity index (χ1v) is 16.8. The summed E-state index contributed by atoms with van der Waals surface area (Å²) in [6.07, 6.45) is -0.0268. The van der Waals surface area contributed by atoms with E-state index in [1.807, 2.05) is 6.92 Å². The molecule has 248 valence electrons. The molecule has 1 spiro atoms. The maximum Gasteiger partial charge on any atom is 0.419 e. The summed E-state index contributed by atoms with van der Waals surface area (Å²) in [5, 5.41) is 2.69. The Hall–Kier alpha value is -3.91. The van der Waals surface area contributed by atoms with Gasteiger partial charge in [-0.25, -0.2) is 12.7 Å². The molecule has 2 aromatic carbocycles. The van der Waals surface area contributed by atoms with Gasteiger partial charge in [0.25, 0.3) is 11.8 Å². The van der Waals surface area contributed by atoms with Crippen molar-refractivity contribution in [2.75, 3.05) is 45.6 Å². The van der Waals surface area contributed by atoms with Crippen LogP contribution in [0, 0.1) is 6.92 Å². The predicted molar refractivity (Wildman–Crippen MR) is 165 cm³/mol. The zero-order chi connectivity index (χ0) is 33.1. The van der Waals surface area contributed by atoms with E-state index in [0.29, 0.717) is 24.9 Å². The maximum absolute atomic E-state index is 13.8. The lowest BCUT2D eigenvalue weighted by atomic mass is 9.89. The largest absolute Gasteiger partial charge is 0.500 e. The number of hydrogen-bond acceptors (Lipinski definition) is 7. The number of amides is 2. The molecule has 0 aliphatic carbocycles. The lowest BCUT2D eigenvalue weighted by Gasteiger charge is -2.34. The van der Waals surface area contributed by atoms with Gasteiger partial charge in [-0.05, 0) is 80.5 Å². The van der Waals surface area contributed by atoms with Crippen LogP contribution in [-0.4, -0.2) is 86.5 Å². The molecule has 7 rings (SSSR count). The van der Waals surface area contributed by atoms with E-state index in [9.17, 15) is 31.2 Å². The van der Waals surface area contributed by atoms with E-state index in [1.165, 1.54) is 27.6 Å². The number of aryl methyl sites for hydroxylation is 2. The Morgan fingerprint density at radius 1 is 1.00 bits per heavy atom. The molecule has 7 bridgehead atoms. The normalized spacial score (nSPS) is 25.2. The molecule has 5 heterocycles. The number of halogens is 3. The molecule has 46 heavy (non-hydrogen) atoms. The van der Waals surface area contributed by atoms with Gasteiger partial charge in [0, 0.05) is 31.3 Å². The van der Waals surface area contributed by atoms with Crippen LogP contribution in [0.4, 0.5) is 13.2 Å². The van der Waals surface area contributed by atoms with Crippen LogP contribution in [0.1, 0.15) is 58.3 Å². The molecule has 10 nitrogen and oxygen atoms in total. The fourth-order valence-electron chi connectivity index (χ4n) is 5.73. The smallest absolute Gasteiger partial charge is 0.419 e. The second kappa shape index (κ2) is 13.4. The Morgan fingerprint density at radius 2 is 1.74 bits per heavy atom. The van der Waals surface area contributed by atoms with Crippen LogP contribution in [0.2, 0.25) is 0 Å². The highest BCUT2D eigenvalue weighted by Crippen LogP contribution is 2.38. The van der Waals surface area contributed by atoms with E-state index in [0.717, 1.165) is 17.2 Å². The molecule has 0 unspecified atom stereocenters. The van der Waals surface area contributed by atoms with Crippen molar-refractivity contribution >= 4 is 27.7 Å². The molecule has 2 amide bonds. The highest BCUT2D eigenvalue weighted by molar-refractivity contribution is 7.89. The van der Waals surface area contributed by atoms with Gasteiger partial charge < -0.3 is 19.7 Å². The molecule has 14 heteroatoms. The Balaban J connectivity index is 1.39. The summed E-state index contributed by atoms with van der Waals surface area (Å²) < 4.78 is 80.2. The van der Waals surface area contributed by atoms with Crippen molar-refractivity contribution in [2.45, 2.75) is 50.7 Å². The average Bonchev–Trinajstić information content (AvgIpc) is 3.33. The minimum Gasteiger partial charge on any atom is -0.500 e. The Labute approximate surface area is 266 Å². The summed E-state index contributed by atoms with van der Waals surface area (Å²) in [7, 11) is -2.01. The summed E-state index contributed by atoms with van der Waals surface area (Å²) in [5.41, 5.74) is 0.208. The highest BCUT2D eigenvalue weighted by atomic mass is 32.2. The number of allylic oxidation sites excluding steroid dienone is 1. The minimum absolute atomic E-state index is 0.000594. The van der Waals surface area contributed by atoms with E-state index >= 15 is 0 Å². The molecule has 0 saturated carbocycles. The van der Waals surface area contributed by atoms with Crippen molar-refractivity contribution in [3.63, 3.8) is 0 Å². The number of aliphatic imine (C=N–C) groups is 1. The monoisotopic (exact) mass is 662 g/mol. The van der Waals surface area contributed by atoms with Crippen molar-refractivity contribution in [3.05, 3.63) is 76.6 Å². The number of fused-ring (bicyclic) bond motifs is 2. The van der Waals surface area contributed by atoms with Crippen LogP contribution in [0.3, 0.4) is 0 Å². The van der Waals surface area contributed by atoms with Crippen molar-refractivity contribution in [2.24, 2.45) is 4.99 Å². The van der Waals surface area contributed by atoms with Crippen LogP contribution in [0.25, 0.3) is 0 Å². The predicted octanol–water partition coefficient (Wildman–Crippen LogP) is 4.07. The van der Waals surface area contributed by atoms with Crippen LogP contribution in [0.15, 0.2) is 53.7 Å². The lowest BCUT2D eigenvalue weighted by Crippen LogP contribution is -2.50. The second-order valence-electron chi connectivity index (χ2n) is 11.7. The summed E-state index contributed by atoms with van der Waals surface area (Å²) in [5.74, 6) is -1.01. The molecule has 1 saturated heterocycles. The first-order chi connectivity index (χ1) is 21.8. The number of hydrogen-bond donors (Lipinski definition) is 1. The average molecular weight is 663 g/mol. The molecule has 0 radical (unpaired) electrons. The molecular formula is C32H37F3N4O6S. The number of nitrogens with zero attached hydrogens (tertiary/aromatic N) is 3. The third-order valence-corrected chi connectivity index (χ3v) is 10.4. The molecule has 5 aliphatic rings. The topological polar surface area (TPSA) is 118 Å². The summed E-state index contributed by atoms with van der Waals surface area (Å²) in [6.45, 7) is 2.55. The maximum atomic E-state index is 13.8. The van der Waals surface area contributed by atoms with Gasteiger partial charge in [-0.2, -0.15) is 13.2 Å². The molecule has 1 N–H and O–H groups in total. The Morgan fingerprint density at radius 3 is 2.46 bits per heavy atom. The zero-order valence-corrected chi connectivity index (χ0v) is 26.5. The number of likely N-dealkylation sites (N-methyl/N-ethyl adjacent to an activating group) is 1. The summed E-state index contributed by atoms with van der Waals surface area (Å²) >= 11 is 0. The van der Waals surface area contributed by atoms with Crippen molar-refractivity contribution in [1.29, 1.82) is 0 Å². The summed E-state index contributed by atoms with van der Waals surface area (Å²) in [4.78, 5) is 32.2. The number of alkyl halides is 3. The number of amidine groups is 1.